The van der Waals surface area contributed by atoms with Gasteiger partial charge in [0.05, 0.1) is 26.4 Å². The molecule has 0 amide bonds. The minimum Gasteiger partial charge on any atom is -0.494 e. The Morgan fingerprint density at radius 2 is 0.667 bits per heavy atom. The smallest absolute Gasteiger partial charge is 0.164 e. The minimum absolute atomic E-state index is 0.508. The fourth-order valence-corrected chi connectivity index (χ4v) is 7.41. The first-order valence-corrected chi connectivity index (χ1v) is 21.4. The summed E-state index contributed by atoms with van der Waals surface area (Å²) in [4.78, 5) is 38.2. The average molecular weight is 803 g/mol. The molecular weight excluding hydrogens is 753 g/mol. The van der Waals surface area contributed by atoms with Crippen LogP contribution in [0.2, 0.25) is 0 Å². The second kappa shape index (κ2) is 17.3. The molecule has 12 heteroatoms. The van der Waals surface area contributed by atoms with Crippen LogP contribution in [0.4, 0.5) is 0 Å². The van der Waals surface area contributed by atoms with Crippen molar-refractivity contribution in [2.24, 2.45) is 0 Å². The van der Waals surface area contributed by atoms with E-state index in [1.54, 1.807) is 0 Å². The van der Waals surface area contributed by atoms with Gasteiger partial charge in [-0.2, -0.15) is 0 Å². The van der Waals surface area contributed by atoms with Gasteiger partial charge in [-0.15, -0.1) is 0 Å². The van der Waals surface area contributed by atoms with Crippen LogP contribution in [0.5, 0.6) is 23.0 Å². The molecule has 60 heavy (non-hydrogen) atoms. The maximum Gasteiger partial charge on any atom is 0.164 e. The van der Waals surface area contributed by atoms with Gasteiger partial charge in [-0.25, -0.2) is 29.9 Å². The molecule has 3 aromatic heterocycles. The first-order chi connectivity index (χ1) is 29.5. The van der Waals surface area contributed by atoms with E-state index < -0.39 is 0 Å². The molecule has 12 nitrogen and oxygen atoms in total. The fourth-order valence-electron chi connectivity index (χ4n) is 7.41. The molecule has 0 aliphatic carbocycles. The van der Waals surface area contributed by atoms with Crippen LogP contribution in [-0.2, 0) is 0 Å². The van der Waals surface area contributed by atoms with E-state index in [0.29, 0.717) is 72.3 Å². The molecule has 9 rings (SSSR count). The second-order valence-electron chi connectivity index (χ2n) is 15.2. The van der Waals surface area contributed by atoms with Gasteiger partial charge in [0, 0.05) is 43.8 Å². The number of ether oxygens (including phenoxy) is 4. The summed E-state index contributed by atoms with van der Waals surface area (Å²) in [6, 6.07) is 24.1. The topological polar surface area (TPSA) is 146 Å². The lowest BCUT2D eigenvalue weighted by atomic mass is 10.1. The van der Waals surface area contributed by atoms with Crippen molar-refractivity contribution in [2.45, 2.75) is 79.1 Å². The van der Waals surface area contributed by atoms with Crippen LogP contribution >= 0.6 is 0 Å². The molecule has 0 atom stereocenters. The van der Waals surface area contributed by atoms with Gasteiger partial charge >= 0.3 is 0 Å². The number of hydrogen-bond acceptors (Lipinski definition) is 10. The van der Waals surface area contributed by atoms with Gasteiger partial charge in [0.25, 0.3) is 0 Å². The summed E-state index contributed by atoms with van der Waals surface area (Å²) in [6.45, 7) is 11.1. The van der Waals surface area contributed by atoms with Gasteiger partial charge in [-0.05, 0) is 98.5 Å². The van der Waals surface area contributed by atoms with Gasteiger partial charge in [-0.3, -0.25) is 0 Å². The minimum atomic E-state index is 0.508. The van der Waals surface area contributed by atoms with Gasteiger partial charge in [-0.1, -0.05) is 53.4 Å². The number of nitrogens with zero attached hydrogens (tertiary/aromatic N) is 6. The molecule has 0 unspecified atom stereocenters. The van der Waals surface area contributed by atoms with Crippen molar-refractivity contribution in [3.63, 3.8) is 0 Å². The molecule has 8 bridgehead atoms. The lowest BCUT2D eigenvalue weighted by Gasteiger charge is -2.07. The first kappa shape index (κ1) is 38.9. The molecule has 4 aromatic carbocycles. The summed E-state index contributed by atoms with van der Waals surface area (Å²) in [5.41, 5.74) is 5.73. The Morgan fingerprint density at radius 3 is 1.03 bits per heavy atom. The summed E-state index contributed by atoms with van der Waals surface area (Å²) >= 11 is 0. The van der Waals surface area contributed by atoms with E-state index in [9.17, 15) is 0 Å². The standard InChI is InChI=1S/C48H50N8O4/c1-5-9-21-57-29-13-17-33-37(25-29)45-49-41(33)54-46-39-27-31(59-23-11-7-3)15-19-35(39)43(51-46)56-48-40-28-32(60-24-12-8-4)16-20-36(40)44(52-48)55-47-38-26-30(58-22-10-6-2)14-18-34(38)42(50-47)53-45/h13-20,25-28H,5-12,21-24H2,1-4H3,(H2,49,50,51,52,53,54,55,56). The van der Waals surface area contributed by atoms with E-state index in [-0.39, 0.29) is 0 Å². The van der Waals surface area contributed by atoms with Crippen LogP contribution in [0.1, 0.15) is 79.1 Å². The molecule has 0 saturated carbocycles. The number of nitrogens with one attached hydrogen (secondary N) is 2. The molecule has 0 fully saturated rings. The molecule has 7 aromatic rings. The Bertz CT molecular complexity index is 2670. The number of unbranched alkanes of at least 4 members (excludes halogenated alkanes) is 4. The van der Waals surface area contributed by atoms with Crippen LogP contribution in [0, 0.1) is 0 Å². The summed E-state index contributed by atoms with van der Waals surface area (Å²) < 4.78 is 24.7. The number of aromatic amines is 2. The molecule has 306 valence electrons. The predicted molar refractivity (Wildman–Crippen MR) is 238 cm³/mol. The Hall–Kier alpha value is -6.56. The van der Waals surface area contributed by atoms with Crippen molar-refractivity contribution in [1.82, 2.24) is 39.9 Å². The first-order valence-electron chi connectivity index (χ1n) is 21.4. The molecule has 2 N–H and O–H groups in total. The third-order valence-corrected chi connectivity index (χ3v) is 10.8. The summed E-state index contributed by atoms with van der Waals surface area (Å²) in [6.07, 6.45) is 8.00. The van der Waals surface area contributed by atoms with Crippen molar-refractivity contribution < 1.29 is 18.9 Å². The molecule has 0 radical (unpaired) electrons. The quantitative estimate of drug-likeness (QED) is 0.0905. The SMILES string of the molecule is CCCCOc1ccc2c(c1)-c1nc-2nc2[nH]c(nc3nc(nc4[nH]c(n1)c1ccc(OCCCC)cc41)-c1ccc(OCCCC)cc1-3)c1ccc(OCCCC)cc21. The summed E-state index contributed by atoms with van der Waals surface area (Å²) in [7, 11) is 0. The molecule has 0 saturated heterocycles. The number of benzene rings is 4. The van der Waals surface area contributed by atoms with Crippen LogP contribution in [0.15, 0.2) is 72.8 Å². The Labute approximate surface area is 348 Å². The van der Waals surface area contributed by atoms with Crippen molar-refractivity contribution >= 4 is 44.1 Å². The lowest BCUT2D eigenvalue weighted by Crippen LogP contribution is -1.96. The predicted octanol–water partition coefficient (Wildman–Crippen LogP) is 11.6. The third-order valence-electron chi connectivity index (χ3n) is 10.8. The third kappa shape index (κ3) is 7.81. The zero-order valence-corrected chi connectivity index (χ0v) is 34.7. The number of rotatable bonds is 16. The zero-order chi connectivity index (χ0) is 41.0. The second-order valence-corrected chi connectivity index (χ2v) is 15.2. The van der Waals surface area contributed by atoms with Gasteiger partial charge in [0.15, 0.2) is 23.3 Å². The highest BCUT2D eigenvalue weighted by Crippen LogP contribution is 2.40. The highest BCUT2D eigenvalue weighted by Gasteiger charge is 2.24. The Morgan fingerprint density at radius 1 is 0.350 bits per heavy atom. The molecule has 0 spiro atoms. The van der Waals surface area contributed by atoms with Crippen LogP contribution in [-0.4, -0.2) is 66.3 Å². The molecular formula is C48H50N8O4. The normalized spacial score (nSPS) is 11.8. The van der Waals surface area contributed by atoms with Crippen molar-refractivity contribution in [1.29, 1.82) is 0 Å². The maximum absolute atomic E-state index is 6.18. The molecule has 5 heterocycles. The summed E-state index contributed by atoms with van der Waals surface area (Å²) in [5.74, 6) is 5.07. The van der Waals surface area contributed by atoms with E-state index in [0.717, 1.165) is 118 Å². The summed E-state index contributed by atoms with van der Waals surface area (Å²) in [5, 5.41) is 3.44. The number of aromatic nitrogens is 8. The number of H-pyrrole nitrogens is 2. The fraction of sp³-hybridized carbons (Fsp3) is 0.333. The van der Waals surface area contributed by atoms with E-state index in [1.165, 1.54) is 0 Å². The average Bonchev–Trinajstić information content (AvgIpc) is 3.99. The van der Waals surface area contributed by atoms with Crippen molar-refractivity contribution in [2.75, 3.05) is 26.4 Å². The van der Waals surface area contributed by atoms with Crippen molar-refractivity contribution in [3.8, 4) is 68.5 Å². The van der Waals surface area contributed by atoms with Gasteiger partial charge in [0.2, 0.25) is 0 Å². The van der Waals surface area contributed by atoms with E-state index >= 15 is 0 Å². The van der Waals surface area contributed by atoms with Crippen LogP contribution in [0.3, 0.4) is 0 Å². The molecule has 2 aliphatic rings. The number of hydrogen-bond donors (Lipinski definition) is 2. The zero-order valence-electron chi connectivity index (χ0n) is 34.7. The van der Waals surface area contributed by atoms with Gasteiger partial charge < -0.3 is 28.9 Å². The van der Waals surface area contributed by atoms with Crippen molar-refractivity contribution in [3.05, 3.63) is 72.8 Å². The van der Waals surface area contributed by atoms with Crippen LogP contribution < -0.4 is 18.9 Å². The molecule has 2 aliphatic heterocycles. The highest BCUT2D eigenvalue weighted by molar-refractivity contribution is 6.07. The van der Waals surface area contributed by atoms with Crippen LogP contribution in [0.25, 0.3) is 89.7 Å². The maximum atomic E-state index is 6.18. The van der Waals surface area contributed by atoms with E-state index in [2.05, 4.69) is 37.7 Å². The van der Waals surface area contributed by atoms with E-state index in [4.69, 9.17) is 48.9 Å². The Balaban J connectivity index is 1.34. The Kier molecular flexibility index (Phi) is 11.3. The largest absolute Gasteiger partial charge is 0.494 e. The van der Waals surface area contributed by atoms with E-state index in [1.807, 2.05) is 72.8 Å². The lowest BCUT2D eigenvalue weighted by molar-refractivity contribution is 0.309. The number of fused-ring (bicyclic) bond motifs is 20. The monoisotopic (exact) mass is 802 g/mol. The van der Waals surface area contributed by atoms with Gasteiger partial charge in [0.1, 0.15) is 45.6 Å². The highest BCUT2D eigenvalue weighted by atomic mass is 16.5.